The Morgan fingerprint density at radius 1 is 1.20 bits per heavy atom. The van der Waals surface area contributed by atoms with E-state index in [2.05, 4.69) is 4.98 Å². The van der Waals surface area contributed by atoms with Crippen molar-refractivity contribution in [3.05, 3.63) is 74.6 Å². The van der Waals surface area contributed by atoms with E-state index in [4.69, 9.17) is 0 Å². The van der Waals surface area contributed by atoms with Crippen molar-refractivity contribution in [1.29, 1.82) is 0 Å². The van der Waals surface area contributed by atoms with Gasteiger partial charge < -0.3 is 0 Å². The van der Waals surface area contributed by atoms with Crippen molar-refractivity contribution in [3.63, 3.8) is 0 Å². The van der Waals surface area contributed by atoms with Crippen LogP contribution in [0, 0.1) is 10.1 Å². The molecule has 2 aromatic carbocycles. The van der Waals surface area contributed by atoms with E-state index in [0.717, 1.165) is 11.8 Å². The molecular weight excluding hydrogens is 342 g/mol. The minimum absolute atomic E-state index is 0.0669. The van der Waals surface area contributed by atoms with Crippen LogP contribution in [0.4, 0.5) is 5.69 Å². The standard InChI is InChI=1S/C17H13N3O4S/c1-19-16(22)13-4-2-3-5-14(13)18-17(19)25-10-15(21)11-6-8-12(9-7-11)20(23)24/h2-9H,10H2,1H3. The fourth-order valence-corrected chi connectivity index (χ4v) is 3.18. The van der Waals surface area contributed by atoms with Crippen LogP contribution in [0.5, 0.6) is 0 Å². The van der Waals surface area contributed by atoms with Gasteiger partial charge in [0.1, 0.15) is 0 Å². The topological polar surface area (TPSA) is 95.1 Å². The van der Waals surface area contributed by atoms with Crippen molar-refractivity contribution in [3.8, 4) is 0 Å². The number of ketones is 1. The molecule has 3 rings (SSSR count). The van der Waals surface area contributed by atoms with Crippen molar-refractivity contribution < 1.29 is 9.72 Å². The number of fused-ring (bicyclic) bond motifs is 1. The number of para-hydroxylation sites is 1. The lowest BCUT2D eigenvalue weighted by molar-refractivity contribution is -0.384. The number of carbonyl (C=O) groups is 1. The highest BCUT2D eigenvalue weighted by Gasteiger charge is 2.13. The molecule has 0 amide bonds. The molecule has 0 aliphatic rings. The van der Waals surface area contributed by atoms with Crippen molar-refractivity contribution in [2.24, 2.45) is 7.05 Å². The van der Waals surface area contributed by atoms with Gasteiger partial charge in [-0.15, -0.1) is 0 Å². The summed E-state index contributed by atoms with van der Waals surface area (Å²) in [5, 5.41) is 11.6. The number of rotatable bonds is 5. The number of thioether (sulfide) groups is 1. The van der Waals surface area contributed by atoms with Crippen LogP contribution in [0.3, 0.4) is 0 Å². The Labute approximate surface area is 146 Å². The normalized spacial score (nSPS) is 10.8. The third kappa shape index (κ3) is 3.43. The lowest BCUT2D eigenvalue weighted by Crippen LogP contribution is -2.20. The van der Waals surface area contributed by atoms with Crippen LogP contribution >= 0.6 is 11.8 Å². The third-order valence-electron chi connectivity index (χ3n) is 3.67. The van der Waals surface area contributed by atoms with Crippen LogP contribution in [-0.2, 0) is 7.05 Å². The molecule has 0 saturated carbocycles. The van der Waals surface area contributed by atoms with E-state index in [-0.39, 0.29) is 22.8 Å². The first kappa shape index (κ1) is 16.8. The molecule has 0 fully saturated rings. The Kier molecular flexibility index (Phi) is 4.62. The second-order valence-corrected chi connectivity index (χ2v) is 6.23. The summed E-state index contributed by atoms with van der Waals surface area (Å²) in [4.78, 5) is 39.1. The SMILES string of the molecule is Cn1c(SCC(=O)c2ccc([N+](=O)[O-])cc2)nc2ccccc2c1=O. The van der Waals surface area contributed by atoms with Gasteiger partial charge in [0.25, 0.3) is 11.2 Å². The van der Waals surface area contributed by atoms with Gasteiger partial charge in [0, 0.05) is 24.7 Å². The highest BCUT2D eigenvalue weighted by atomic mass is 32.2. The van der Waals surface area contributed by atoms with Crippen LogP contribution < -0.4 is 5.56 Å². The van der Waals surface area contributed by atoms with Gasteiger partial charge in [0.2, 0.25) is 0 Å². The number of Topliss-reactive ketones (excluding diaryl/α,β-unsaturated/α-hetero) is 1. The summed E-state index contributed by atoms with van der Waals surface area (Å²) in [5.74, 6) is -0.113. The molecule has 25 heavy (non-hydrogen) atoms. The molecule has 0 unspecified atom stereocenters. The first-order valence-electron chi connectivity index (χ1n) is 7.33. The summed E-state index contributed by atoms with van der Waals surface area (Å²) in [7, 11) is 1.61. The molecule has 0 aliphatic carbocycles. The van der Waals surface area contributed by atoms with E-state index in [1.54, 1.807) is 31.3 Å². The Balaban J connectivity index is 1.80. The van der Waals surface area contributed by atoms with Crippen LogP contribution in [-0.4, -0.2) is 26.0 Å². The average Bonchev–Trinajstić information content (AvgIpc) is 2.63. The van der Waals surface area contributed by atoms with E-state index in [1.165, 1.54) is 28.8 Å². The largest absolute Gasteiger partial charge is 0.293 e. The number of hydrogen-bond donors (Lipinski definition) is 0. The zero-order valence-electron chi connectivity index (χ0n) is 13.2. The lowest BCUT2D eigenvalue weighted by atomic mass is 10.1. The number of nitrogens with zero attached hydrogens (tertiary/aromatic N) is 3. The number of carbonyl (C=O) groups excluding carboxylic acids is 1. The zero-order chi connectivity index (χ0) is 18.0. The molecule has 0 radical (unpaired) electrons. The fourth-order valence-electron chi connectivity index (χ4n) is 2.31. The van der Waals surface area contributed by atoms with E-state index in [0.29, 0.717) is 21.6 Å². The smallest absolute Gasteiger partial charge is 0.269 e. The molecule has 0 N–H and O–H groups in total. The molecular formula is C17H13N3O4S. The van der Waals surface area contributed by atoms with Crippen LogP contribution in [0.15, 0.2) is 58.5 Å². The zero-order valence-corrected chi connectivity index (χ0v) is 14.0. The maximum Gasteiger partial charge on any atom is 0.269 e. The lowest BCUT2D eigenvalue weighted by Gasteiger charge is -2.08. The molecule has 126 valence electrons. The van der Waals surface area contributed by atoms with Gasteiger partial charge in [-0.2, -0.15) is 0 Å². The number of nitro groups is 1. The number of hydrogen-bond acceptors (Lipinski definition) is 6. The summed E-state index contributed by atoms with van der Waals surface area (Å²) >= 11 is 1.16. The summed E-state index contributed by atoms with van der Waals surface area (Å²) in [6.45, 7) is 0. The molecule has 3 aromatic rings. The van der Waals surface area contributed by atoms with Gasteiger partial charge in [-0.1, -0.05) is 23.9 Å². The Morgan fingerprint density at radius 3 is 2.56 bits per heavy atom. The third-order valence-corrected chi connectivity index (χ3v) is 4.70. The molecule has 0 saturated heterocycles. The van der Waals surface area contributed by atoms with Crippen molar-refractivity contribution in [2.75, 3.05) is 5.75 Å². The average molecular weight is 355 g/mol. The maximum atomic E-state index is 12.3. The van der Waals surface area contributed by atoms with Crippen LogP contribution in [0.2, 0.25) is 0 Å². The fraction of sp³-hybridized carbons (Fsp3) is 0.118. The quantitative estimate of drug-likeness (QED) is 0.230. The minimum Gasteiger partial charge on any atom is -0.293 e. The number of nitro benzene ring substituents is 1. The molecule has 0 atom stereocenters. The Bertz CT molecular complexity index is 1030. The van der Waals surface area contributed by atoms with Gasteiger partial charge in [-0.05, 0) is 24.3 Å². The molecule has 0 bridgehead atoms. The van der Waals surface area contributed by atoms with E-state index >= 15 is 0 Å². The van der Waals surface area contributed by atoms with Crippen LogP contribution in [0.1, 0.15) is 10.4 Å². The summed E-state index contributed by atoms with van der Waals surface area (Å²) in [6.07, 6.45) is 0. The first-order chi connectivity index (χ1) is 12.0. The number of benzene rings is 2. The molecule has 8 heteroatoms. The van der Waals surface area contributed by atoms with Gasteiger partial charge in [-0.3, -0.25) is 24.3 Å². The van der Waals surface area contributed by atoms with Gasteiger partial charge >= 0.3 is 0 Å². The highest BCUT2D eigenvalue weighted by Crippen LogP contribution is 2.19. The molecule has 7 nitrogen and oxygen atoms in total. The van der Waals surface area contributed by atoms with E-state index in [1.807, 2.05) is 0 Å². The molecule has 1 aromatic heterocycles. The highest BCUT2D eigenvalue weighted by molar-refractivity contribution is 7.99. The first-order valence-corrected chi connectivity index (χ1v) is 8.32. The van der Waals surface area contributed by atoms with Crippen LogP contribution in [0.25, 0.3) is 10.9 Å². The predicted octanol–water partition coefficient (Wildman–Crippen LogP) is 2.82. The maximum absolute atomic E-state index is 12.3. The second-order valence-electron chi connectivity index (χ2n) is 5.29. The summed E-state index contributed by atoms with van der Waals surface area (Å²) in [6, 6.07) is 12.5. The second kappa shape index (κ2) is 6.86. The molecule has 0 aliphatic heterocycles. The Hall–Kier alpha value is -3.00. The minimum atomic E-state index is -0.516. The number of aromatic nitrogens is 2. The van der Waals surface area contributed by atoms with Gasteiger partial charge in [-0.25, -0.2) is 4.98 Å². The Morgan fingerprint density at radius 2 is 1.88 bits per heavy atom. The van der Waals surface area contributed by atoms with E-state index in [9.17, 15) is 19.7 Å². The van der Waals surface area contributed by atoms with Gasteiger partial charge in [0.15, 0.2) is 10.9 Å². The van der Waals surface area contributed by atoms with Crippen molar-refractivity contribution >= 4 is 34.1 Å². The molecule has 1 heterocycles. The molecule has 0 spiro atoms. The van der Waals surface area contributed by atoms with Crippen molar-refractivity contribution in [1.82, 2.24) is 9.55 Å². The summed E-state index contributed by atoms with van der Waals surface area (Å²) < 4.78 is 1.41. The van der Waals surface area contributed by atoms with Crippen molar-refractivity contribution in [2.45, 2.75) is 5.16 Å². The predicted molar refractivity (Wildman–Crippen MR) is 95.1 cm³/mol. The van der Waals surface area contributed by atoms with E-state index < -0.39 is 4.92 Å². The summed E-state index contributed by atoms with van der Waals surface area (Å²) in [5.41, 5.74) is 0.721. The number of non-ortho nitro benzene ring substituents is 1. The van der Waals surface area contributed by atoms with Gasteiger partial charge in [0.05, 0.1) is 21.6 Å². The monoisotopic (exact) mass is 355 g/mol.